The summed E-state index contributed by atoms with van der Waals surface area (Å²) in [6.07, 6.45) is 0.753. The first-order chi connectivity index (χ1) is 4.72. The van der Waals surface area contributed by atoms with Crippen LogP contribution in [0.15, 0.2) is 0 Å². The van der Waals surface area contributed by atoms with Crippen LogP contribution in [0.4, 0.5) is 0 Å². The molecule has 4 heteroatoms. The summed E-state index contributed by atoms with van der Waals surface area (Å²) in [6.45, 7) is 0. The van der Waals surface area contributed by atoms with E-state index >= 15 is 0 Å². The standard InChI is InChI=1S/C6H13NO2Se/c1-9-6(8)5(7)3-4-10-2/h5H,3-4,7H2,1-2H3/t5-/m0/s1. The van der Waals surface area contributed by atoms with Crippen molar-refractivity contribution >= 4 is 20.9 Å². The first-order valence-corrected chi connectivity index (χ1v) is 5.97. The molecule has 0 radical (unpaired) electrons. The van der Waals surface area contributed by atoms with Gasteiger partial charge in [0.2, 0.25) is 0 Å². The van der Waals surface area contributed by atoms with E-state index in [0.717, 1.165) is 11.7 Å². The predicted molar refractivity (Wildman–Crippen MR) is 41.0 cm³/mol. The topological polar surface area (TPSA) is 52.3 Å². The van der Waals surface area contributed by atoms with Crippen molar-refractivity contribution in [2.45, 2.75) is 23.6 Å². The Morgan fingerprint density at radius 2 is 2.40 bits per heavy atom. The Hall–Kier alpha value is -0.0505. The Balaban J connectivity index is 3.41. The maximum absolute atomic E-state index is 10.7. The summed E-state index contributed by atoms with van der Waals surface area (Å²) < 4.78 is 4.45. The third kappa shape index (κ3) is 3.88. The van der Waals surface area contributed by atoms with Crippen LogP contribution in [0.1, 0.15) is 6.42 Å². The van der Waals surface area contributed by atoms with Gasteiger partial charge in [0.15, 0.2) is 0 Å². The Kier molecular flexibility index (Phi) is 5.68. The molecule has 0 aromatic heterocycles. The van der Waals surface area contributed by atoms with Crippen molar-refractivity contribution in [2.24, 2.45) is 5.73 Å². The van der Waals surface area contributed by atoms with Gasteiger partial charge in [-0.3, -0.25) is 0 Å². The van der Waals surface area contributed by atoms with Crippen LogP contribution in [0.25, 0.3) is 0 Å². The van der Waals surface area contributed by atoms with Gasteiger partial charge < -0.3 is 0 Å². The summed E-state index contributed by atoms with van der Waals surface area (Å²) in [7, 11) is 1.36. The normalized spacial score (nSPS) is 12.7. The molecule has 0 rings (SSSR count). The first kappa shape index (κ1) is 9.95. The summed E-state index contributed by atoms with van der Waals surface area (Å²) in [5, 5.41) is 1.04. The fraction of sp³-hybridized carbons (Fsp3) is 0.833. The molecule has 10 heavy (non-hydrogen) atoms. The summed E-state index contributed by atoms with van der Waals surface area (Å²) in [4.78, 5) is 10.7. The van der Waals surface area contributed by atoms with Crippen LogP contribution in [0, 0.1) is 0 Å². The van der Waals surface area contributed by atoms with Gasteiger partial charge >= 0.3 is 66.9 Å². The Labute approximate surface area is 67.5 Å². The molecule has 0 aliphatic rings. The zero-order chi connectivity index (χ0) is 7.98. The molecule has 2 N–H and O–H groups in total. The number of hydrogen-bond acceptors (Lipinski definition) is 3. The summed E-state index contributed by atoms with van der Waals surface area (Å²) in [6, 6.07) is -0.410. The third-order valence-corrected chi connectivity index (χ3v) is 2.49. The van der Waals surface area contributed by atoms with Crippen LogP contribution in [0.3, 0.4) is 0 Å². The van der Waals surface area contributed by atoms with Crippen LogP contribution < -0.4 is 5.73 Å². The summed E-state index contributed by atoms with van der Waals surface area (Å²) in [5.41, 5.74) is 5.45. The summed E-state index contributed by atoms with van der Waals surface area (Å²) >= 11 is 0.603. The predicted octanol–water partition coefficient (Wildman–Crippen LogP) is 0.0474. The van der Waals surface area contributed by atoms with Gasteiger partial charge in [0.1, 0.15) is 0 Å². The van der Waals surface area contributed by atoms with Gasteiger partial charge in [-0.05, 0) is 0 Å². The zero-order valence-electron chi connectivity index (χ0n) is 6.29. The molecule has 0 saturated heterocycles. The zero-order valence-corrected chi connectivity index (χ0v) is 8.01. The van der Waals surface area contributed by atoms with E-state index in [1.807, 2.05) is 0 Å². The van der Waals surface area contributed by atoms with Crippen LogP contribution in [-0.2, 0) is 9.53 Å². The SMILES string of the molecule is COC(=O)[C@@H](N)CC[Se]C. The average molecular weight is 210 g/mol. The van der Waals surface area contributed by atoms with Crippen molar-refractivity contribution in [3.8, 4) is 0 Å². The molecule has 60 valence electrons. The van der Waals surface area contributed by atoms with E-state index in [2.05, 4.69) is 10.6 Å². The van der Waals surface area contributed by atoms with Gasteiger partial charge in [-0.25, -0.2) is 0 Å². The van der Waals surface area contributed by atoms with E-state index in [-0.39, 0.29) is 5.97 Å². The number of rotatable bonds is 4. The van der Waals surface area contributed by atoms with E-state index in [4.69, 9.17) is 5.73 Å². The molecular formula is C6H13NO2Se. The van der Waals surface area contributed by atoms with Gasteiger partial charge in [-0.1, -0.05) is 0 Å². The second-order valence-corrected chi connectivity index (χ2v) is 3.98. The Morgan fingerprint density at radius 3 is 2.80 bits per heavy atom. The van der Waals surface area contributed by atoms with E-state index in [1.54, 1.807) is 0 Å². The molecule has 0 aliphatic heterocycles. The van der Waals surface area contributed by atoms with Crippen LogP contribution in [0.2, 0.25) is 11.1 Å². The van der Waals surface area contributed by atoms with Crippen molar-refractivity contribution in [3.05, 3.63) is 0 Å². The molecule has 0 aromatic carbocycles. The van der Waals surface area contributed by atoms with Gasteiger partial charge in [-0.15, -0.1) is 0 Å². The number of hydrogen-bond donors (Lipinski definition) is 1. The van der Waals surface area contributed by atoms with Gasteiger partial charge in [0, 0.05) is 0 Å². The molecular weight excluding hydrogens is 197 g/mol. The van der Waals surface area contributed by atoms with Gasteiger partial charge in [0.25, 0.3) is 0 Å². The van der Waals surface area contributed by atoms with E-state index in [0.29, 0.717) is 15.0 Å². The van der Waals surface area contributed by atoms with Crippen molar-refractivity contribution in [2.75, 3.05) is 7.11 Å². The van der Waals surface area contributed by atoms with E-state index < -0.39 is 6.04 Å². The molecule has 0 aromatic rings. The number of nitrogens with two attached hydrogens (primary N) is 1. The quantitative estimate of drug-likeness (QED) is 0.526. The average Bonchev–Trinajstić information content (AvgIpc) is 1.98. The number of ether oxygens (including phenoxy) is 1. The van der Waals surface area contributed by atoms with Crippen molar-refractivity contribution in [1.82, 2.24) is 0 Å². The summed E-state index contributed by atoms with van der Waals surface area (Å²) in [5.74, 6) is 1.82. The number of esters is 1. The monoisotopic (exact) mass is 211 g/mol. The molecule has 0 unspecified atom stereocenters. The van der Waals surface area contributed by atoms with Gasteiger partial charge in [-0.2, -0.15) is 0 Å². The Bertz CT molecular complexity index is 108. The van der Waals surface area contributed by atoms with Gasteiger partial charge in [0.05, 0.1) is 0 Å². The number of methoxy groups -OCH3 is 1. The van der Waals surface area contributed by atoms with E-state index in [1.165, 1.54) is 7.11 Å². The van der Waals surface area contributed by atoms with Crippen LogP contribution >= 0.6 is 0 Å². The van der Waals surface area contributed by atoms with E-state index in [9.17, 15) is 4.79 Å². The molecule has 0 fully saturated rings. The van der Waals surface area contributed by atoms with Crippen molar-refractivity contribution in [3.63, 3.8) is 0 Å². The molecule has 1 atom stereocenters. The maximum atomic E-state index is 10.7. The molecule has 0 amide bonds. The number of carbonyl (C=O) groups is 1. The van der Waals surface area contributed by atoms with Crippen LogP contribution in [-0.4, -0.2) is 34.1 Å². The third-order valence-electron chi connectivity index (χ3n) is 1.14. The fourth-order valence-electron chi connectivity index (χ4n) is 0.514. The second-order valence-electron chi connectivity index (χ2n) is 1.91. The minimum atomic E-state index is -0.410. The van der Waals surface area contributed by atoms with Crippen LogP contribution in [0.5, 0.6) is 0 Å². The first-order valence-electron chi connectivity index (χ1n) is 3.04. The van der Waals surface area contributed by atoms with Crippen molar-refractivity contribution in [1.29, 1.82) is 0 Å². The second kappa shape index (κ2) is 5.71. The molecule has 0 spiro atoms. The molecule has 0 bridgehead atoms. The molecule has 3 nitrogen and oxygen atoms in total. The molecule has 0 saturated carbocycles. The fourth-order valence-corrected chi connectivity index (χ4v) is 1.54. The van der Waals surface area contributed by atoms with Crippen molar-refractivity contribution < 1.29 is 9.53 Å². The minimum absolute atomic E-state index is 0.302. The number of carbonyl (C=O) groups excluding carboxylic acids is 1. The molecule has 0 aliphatic carbocycles. The Morgan fingerprint density at radius 1 is 1.80 bits per heavy atom. The molecule has 0 heterocycles.